The molecule has 19 heavy (non-hydrogen) atoms. The highest BCUT2D eigenvalue weighted by atomic mass is 16.1. The number of rotatable bonds is 3. The molecule has 92 valence electrons. The average molecular weight is 250 g/mol. The van der Waals surface area contributed by atoms with E-state index in [1.807, 2.05) is 6.07 Å². The molecule has 4 heteroatoms. The van der Waals surface area contributed by atoms with Gasteiger partial charge in [-0.1, -0.05) is 18.2 Å². The second-order valence-electron chi connectivity index (χ2n) is 4.17. The van der Waals surface area contributed by atoms with E-state index >= 15 is 0 Å². The van der Waals surface area contributed by atoms with Crippen molar-refractivity contribution in [3.63, 3.8) is 0 Å². The molecule has 0 saturated carbocycles. The summed E-state index contributed by atoms with van der Waals surface area (Å²) in [7, 11) is 0. The van der Waals surface area contributed by atoms with Gasteiger partial charge in [-0.15, -0.1) is 0 Å². The van der Waals surface area contributed by atoms with E-state index in [0.717, 1.165) is 11.7 Å². The first-order chi connectivity index (χ1) is 9.29. The van der Waals surface area contributed by atoms with Gasteiger partial charge in [0, 0.05) is 34.5 Å². The largest absolute Gasteiger partial charge is 0.345 e. The molecular weight excluding hydrogens is 240 g/mol. The number of hydrogen-bond donors (Lipinski definition) is 1. The molecule has 3 aromatic rings. The van der Waals surface area contributed by atoms with Crippen LogP contribution in [0.1, 0.15) is 26.3 Å². The number of carbonyl (C=O) groups excluding carboxylic acids is 2. The standard InChI is InChI=1S/C15H10N2O2/c18-9-10-3-1-4-11(7-10)14(19)13-8-17-15-12(13)5-2-6-16-15/h1-9H,(H,16,17). The number of aromatic nitrogens is 2. The Kier molecular flexibility index (Phi) is 2.68. The molecule has 1 N–H and O–H groups in total. The predicted octanol–water partition coefficient (Wildman–Crippen LogP) is 2.61. The molecule has 0 aliphatic rings. The highest BCUT2D eigenvalue weighted by Crippen LogP contribution is 2.19. The van der Waals surface area contributed by atoms with Crippen LogP contribution in [-0.2, 0) is 0 Å². The molecule has 3 rings (SSSR count). The van der Waals surface area contributed by atoms with Crippen LogP contribution < -0.4 is 0 Å². The third-order valence-electron chi connectivity index (χ3n) is 2.98. The van der Waals surface area contributed by atoms with Gasteiger partial charge in [0.2, 0.25) is 0 Å². The summed E-state index contributed by atoms with van der Waals surface area (Å²) in [5.41, 5.74) is 2.22. The van der Waals surface area contributed by atoms with Crippen LogP contribution in [0.5, 0.6) is 0 Å². The Hall–Kier alpha value is -2.75. The minimum absolute atomic E-state index is 0.122. The number of pyridine rings is 1. The number of H-pyrrole nitrogens is 1. The number of hydrogen-bond acceptors (Lipinski definition) is 3. The molecule has 0 saturated heterocycles. The van der Waals surface area contributed by atoms with Crippen molar-refractivity contribution >= 4 is 23.1 Å². The van der Waals surface area contributed by atoms with Crippen LogP contribution in [0.25, 0.3) is 11.0 Å². The number of aldehydes is 1. The van der Waals surface area contributed by atoms with Crippen molar-refractivity contribution in [1.29, 1.82) is 0 Å². The minimum Gasteiger partial charge on any atom is -0.345 e. The molecule has 4 nitrogen and oxygen atoms in total. The lowest BCUT2D eigenvalue weighted by Gasteiger charge is -2.00. The quantitative estimate of drug-likeness (QED) is 0.574. The van der Waals surface area contributed by atoms with Gasteiger partial charge in [-0.05, 0) is 18.2 Å². The molecule has 0 unspecified atom stereocenters. The monoisotopic (exact) mass is 250 g/mol. The van der Waals surface area contributed by atoms with Gasteiger partial charge in [0.05, 0.1) is 0 Å². The molecular formula is C15H10N2O2. The van der Waals surface area contributed by atoms with Gasteiger partial charge in [-0.2, -0.15) is 0 Å². The lowest BCUT2D eigenvalue weighted by Crippen LogP contribution is -2.01. The number of ketones is 1. The Bertz CT molecular complexity index is 774. The number of nitrogens with one attached hydrogen (secondary N) is 1. The molecule has 0 radical (unpaired) electrons. The zero-order chi connectivity index (χ0) is 13.2. The number of carbonyl (C=O) groups is 2. The first-order valence-corrected chi connectivity index (χ1v) is 5.81. The number of benzene rings is 1. The highest BCUT2D eigenvalue weighted by Gasteiger charge is 2.14. The SMILES string of the molecule is O=Cc1cccc(C(=O)c2c[nH]c3ncccc23)c1. The molecule has 0 spiro atoms. The fourth-order valence-corrected chi connectivity index (χ4v) is 2.05. The first-order valence-electron chi connectivity index (χ1n) is 5.81. The first kappa shape index (κ1) is 11.3. The topological polar surface area (TPSA) is 62.8 Å². The fourth-order valence-electron chi connectivity index (χ4n) is 2.05. The maximum absolute atomic E-state index is 12.4. The minimum atomic E-state index is -0.122. The van der Waals surface area contributed by atoms with Gasteiger partial charge >= 0.3 is 0 Å². The van der Waals surface area contributed by atoms with Crippen LogP contribution in [0.2, 0.25) is 0 Å². The van der Waals surface area contributed by atoms with Crippen molar-refractivity contribution in [2.45, 2.75) is 0 Å². The summed E-state index contributed by atoms with van der Waals surface area (Å²) in [4.78, 5) is 30.3. The van der Waals surface area contributed by atoms with Gasteiger partial charge in [-0.3, -0.25) is 9.59 Å². The van der Waals surface area contributed by atoms with Crippen molar-refractivity contribution in [3.05, 3.63) is 65.5 Å². The second kappa shape index (κ2) is 4.49. The second-order valence-corrected chi connectivity index (χ2v) is 4.17. The molecule has 0 aliphatic heterocycles. The van der Waals surface area contributed by atoms with Gasteiger partial charge < -0.3 is 4.98 Å². The highest BCUT2D eigenvalue weighted by molar-refractivity contribution is 6.16. The van der Waals surface area contributed by atoms with Crippen LogP contribution in [0.4, 0.5) is 0 Å². The molecule has 0 aliphatic carbocycles. The summed E-state index contributed by atoms with van der Waals surface area (Å²) in [5.74, 6) is -0.122. The van der Waals surface area contributed by atoms with E-state index < -0.39 is 0 Å². The van der Waals surface area contributed by atoms with E-state index in [0.29, 0.717) is 22.3 Å². The smallest absolute Gasteiger partial charge is 0.195 e. The molecule has 0 bridgehead atoms. The van der Waals surface area contributed by atoms with Gasteiger partial charge in [-0.25, -0.2) is 4.98 Å². The Morgan fingerprint density at radius 1 is 1.21 bits per heavy atom. The van der Waals surface area contributed by atoms with Gasteiger partial charge in [0.15, 0.2) is 5.78 Å². The van der Waals surface area contributed by atoms with E-state index in [1.165, 1.54) is 0 Å². The summed E-state index contributed by atoms with van der Waals surface area (Å²) in [5, 5.41) is 0.781. The molecule has 2 heterocycles. The van der Waals surface area contributed by atoms with Gasteiger partial charge in [0.1, 0.15) is 11.9 Å². The van der Waals surface area contributed by atoms with Crippen LogP contribution in [-0.4, -0.2) is 22.0 Å². The van der Waals surface area contributed by atoms with E-state index in [1.54, 1.807) is 42.7 Å². The third-order valence-corrected chi connectivity index (χ3v) is 2.98. The normalized spacial score (nSPS) is 10.5. The summed E-state index contributed by atoms with van der Waals surface area (Å²) >= 11 is 0. The van der Waals surface area contributed by atoms with Crippen molar-refractivity contribution in [1.82, 2.24) is 9.97 Å². The van der Waals surface area contributed by atoms with Crippen LogP contribution in [0, 0.1) is 0 Å². The molecule has 2 aromatic heterocycles. The van der Waals surface area contributed by atoms with Crippen LogP contribution in [0.15, 0.2) is 48.8 Å². The van der Waals surface area contributed by atoms with Crippen molar-refractivity contribution in [3.8, 4) is 0 Å². The summed E-state index contributed by atoms with van der Waals surface area (Å²) in [6.45, 7) is 0. The predicted molar refractivity (Wildman–Crippen MR) is 71.4 cm³/mol. The Morgan fingerprint density at radius 3 is 2.95 bits per heavy atom. The van der Waals surface area contributed by atoms with Crippen molar-refractivity contribution in [2.75, 3.05) is 0 Å². The molecule has 1 aromatic carbocycles. The molecule has 0 atom stereocenters. The van der Waals surface area contributed by atoms with Crippen LogP contribution >= 0.6 is 0 Å². The number of nitrogens with zero attached hydrogens (tertiary/aromatic N) is 1. The maximum Gasteiger partial charge on any atom is 0.195 e. The molecule has 0 amide bonds. The van der Waals surface area contributed by atoms with Crippen LogP contribution in [0.3, 0.4) is 0 Å². The third kappa shape index (κ3) is 1.93. The van der Waals surface area contributed by atoms with E-state index in [4.69, 9.17) is 0 Å². The Balaban J connectivity index is 2.10. The number of aromatic amines is 1. The fraction of sp³-hybridized carbons (Fsp3) is 0. The zero-order valence-corrected chi connectivity index (χ0v) is 9.96. The lowest BCUT2D eigenvalue weighted by molar-refractivity contribution is 0.104. The zero-order valence-electron chi connectivity index (χ0n) is 9.96. The average Bonchev–Trinajstić information content (AvgIpc) is 2.90. The van der Waals surface area contributed by atoms with E-state index in [-0.39, 0.29) is 5.78 Å². The summed E-state index contributed by atoms with van der Waals surface area (Å²) in [6, 6.07) is 10.3. The van der Waals surface area contributed by atoms with Gasteiger partial charge in [0.25, 0.3) is 0 Å². The Morgan fingerprint density at radius 2 is 2.11 bits per heavy atom. The van der Waals surface area contributed by atoms with Crippen molar-refractivity contribution < 1.29 is 9.59 Å². The lowest BCUT2D eigenvalue weighted by atomic mass is 10.0. The van der Waals surface area contributed by atoms with Crippen molar-refractivity contribution in [2.24, 2.45) is 0 Å². The summed E-state index contributed by atoms with van der Waals surface area (Å²) < 4.78 is 0. The van der Waals surface area contributed by atoms with E-state index in [9.17, 15) is 9.59 Å². The number of fused-ring (bicyclic) bond motifs is 1. The molecule has 0 fully saturated rings. The maximum atomic E-state index is 12.4. The van der Waals surface area contributed by atoms with E-state index in [2.05, 4.69) is 9.97 Å². The summed E-state index contributed by atoms with van der Waals surface area (Å²) in [6.07, 6.45) is 4.04. The Labute approximate surface area is 109 Å².